The smallest absolute Gasteiger partial charge is 0.337 e. The maximum absolute atomic E-state index is 12.5. The summed E-state index contributed by atoms with van der Waals surface area (Å²) < 4.78 is 1.81. The molecule has 0 aliphatic carbocycles. The van der Waals surface area contributed by atoms with E-state index in [2.05, 4.69) is 5.32 Å². The first kappa shape index (κ1) is 20.6. The van der Waals surface area contributed by atoms with E-state index in [0.717, 1.165) is 17.0 Å². The lowest BCUT2D eigenvalue weighted by Gasteiger charge is -2.12. The number of amides is 1. The van der Waals surface area contributed by atoms with Gasteiger partial charge >= 0.3 is 5.97 Å². The molecule has 0 aliphatic rings. The van der Waals surface area contributed by atoms with E-state index in [-0.39, 0.29) is 11.1 Å². The molecule has 0 saturated carbocycles. The Morgan fingerprint density at radius 3 is 2.43 bits per heavy atom. The zero-order valence-electron chi connectivity index (χ0n) is 16.7. The molecule has 6 heteroatoms. The number of nitrogens with one attached hydrogen (secondary N) is 1. The largest absolute Gasteiger partial charge is 0.478 e. The molecule has 0 aliphatic heterocycles. The third kappa shape index (κ3) is 4.31. The van der Waals surface area contributed by atoms with Crippen molar-refractivity contribution >= 4 is 18.0 Å². The number of hydrogen-bond donors (Lipinski definition) is 2. The van der Waals surface area contributed by atoms with Crippen molar-refractivity contribution in [3.63, 3.8) is 0 Å². The molecule has 30 heavy (non-hydrogen) atoms. The van der Waals surface area contributed by atoms with E-state index >= 15 is 0 Å². The predicted molar refractivity (Wildman–Crippen MR) is 114 cm³/mol. The Morgan fingerprint density at radius 2 is 1.77 bits per heavy atom. The Bertz CT molecular complexity index is 1170. The zero-order valence-corrected chi connectivity index (χ0v) is 16.7. The Kier molecular flexibility index (Phi) is 6.14. The number of carbonyl (C=O) groups is 2. The second-order valence-electron chi connectivity index (χ2n) is 6.82. The van der Waals surface area contributed by atoms with E-state index in [9.17, 15) is 20.0 Å². The van der Waals surface area contributed by atoms with Crippen LogP contribution in [0.15, 0.2) is 66.2 Å². The van der Waals surface area contributed by atoms with Crippen LogP contribution in [0.2, 0.25) is 0 Å². The van der Waals surface area contributed by atoms with Gasteiger partial charge in [-0.05, 0) is 49.2 Å². The number of aryl methyl sites for hydroxylation is 1. The number of carboxylic acid groups (broad SMARTS) is 1. The van der Waals surface area contributed by atoms with E-state index in [0.29, 0.717) is 17.8 Å². The Morgan fingerprint density at radius 1 is 1.10 bits per heavy atom. The maximum atomic E-state index is 12.5. The molecular formula is C24H21N3O3. The van der Waals surface area contributed by atoms with Crippen LogP contribution in [0, 0.1) is 25.2 Å². The average molecular weight is 399 g/mol. The van der Waals surface area contributed by atoms with E-state index in [4.69, 9.17) is 0 Å². The normalized spacial score (nSPS) is 11.0. The molecule has 0 bridgehead atoms. The Labute approximate surface area is 174 Å². The van der Waals surface area contributed by atoms with Gasteiger partial charge in [-0.3, -0.25) is 4.79 Å². The van der Waals surface area contributed by atoms with Crippen LogP contribution in [0.4, 0.5) is 0 Å². The number of carbonyl (C=O) groups excluding carboxylic acids is 1. The van der Waals surface area contributed by atoms with Gasteiger partial charge in [-0.1, -0.05) is 42.5 Å². The quantitative estimate of drug-likeness (QED) is 0.483. The summed E-state index contributed by atoms with van der Waals surface area (Å²) in [6, 6.07) is 19.9. The molecular weight excluding hydrogens is 378 g/mol. The molecule has 1 aromatic heterocycles. The minimum atomic E-state index is -1.02. The first-order chi connectivity index (χ1) is 14.4. The molecule has 0 unspecified atom stereocenters. The lowest BCUT2D eigenvalue weighted by molar-refractivity contribution is -0.117. The lowest BCUT2D eigenvalue weighted by Crippen LogP contribution is -2.23. The number of aromatic nitrogens is 1. The summed E-state index contributed by atoms with van der Waals surface area (Å²) in [7, 11) is 0. The van der Waals surface area contributed by atoms with Crippen molar-refractivity contribution in [3.05, 3.63) is 94.3 Å². The number of benzene rings is 2. The fraction of sp³-hybridized carbons (Fsp3) is 0.125. The number of rotatable bonds is 6. The SMILES string of the molecule is Cc1cc(/C=C(/C#N)C(=O)NCc2ccccc2)c(C)n1-c1ccccc1C(=O)O. The summed E-state index contributed by atoms with van der Waals surface area (Å²) in [5.74, 6) is -1.48. The van der Waals surface area contributed by atoms with Gasteiger partial charge < -0.3 is 15.0 Å². The number of nitriles is 1. The molecule has 0 saturated heterocycles. The molecule has 0 spiro atoms. The van der Waals surface area contributed by atoms with E-state index in [1.54, 1.807) is 24.3 Å². The van der Waals surface area contributed by atoms with Gasteiger partial charge in [0.1, 0.15) is 11.6 Å². The van der Waals surface area contributed by atoms with Crippen molar-refractivity contribution in [2.45, 2.75) is 20.4 Å². The fourth-order valence-corrected chi connectivity index (χ4v) is 3.33. The summed E-state index contributed by atoms with van der Waals surface area (Å²) in [5.41, 5.74) is 3.85. The maximum Gasteiger partial charge on any atom is 0.337 e. The predicted octanol–water partition coefficient (Wildman–Crippen LogP) is 4.02. The third-order valence-corrected chi connectivity index (χ3v) is 4.81. The molecule has 3 aromatic rings. The van der Waals surface area contributed by atoms with Gasteiger partial charge in [-0.25, -0.2) is 4.79 Å². The first-order valence-corrected chi connectivity index (χ1v) is 9.38. The van der Waals surface area contributed by atoms with Crippen LogP contribution in [0.3, 0.4) is 0 Å². The van der Waals surface area contributed by atoms with Crippen LogP contribution < -0.4 is 5.32 Å². The van der Waals surface area contributed by atoms with Crippen molar-refractivity contribution in [3.8, 4) is 11.8 Å². The van der Waals surface area contributed by atoms with Crippen LogP contribution in [0.1, 0.15) is 32.9 Å². The first-order valence-electron chi connectivity index (χ1n) is 9.38. The topological polar surface area (TPSA) is 95.1 Å². The number of hydrogen-bond acceptors (Lipinski definition) is 3. The molecule has 0 radical (unpaired) electrons. The van der Waals surface area contributed by atoms with Gasteiger partial charge in [0.2, 0.25) is 0 Å². The number of carboxylic acids is 1. The molecule has 1 heterocycles. The van der Waals surface area contributed by atoms with Gasteiger partial charge in [-0.2, -0.15) is 5.26 Å². The minimum absolute atomic E-state index is 0.0160. The summed E-state index contributed by atoms with van der Waals surface area (Å²) in [5, 5.41) is 21.7. The summed E-state index contributed by atoms with van der Waals surface area (Å²) in [6.07, 6.45) is 1.53. The standard InChI is InChI=1S/C24H21N3O3/c1-16-12-19(17(2)27(16)22-11-7-6-10-21(22)24(29)30)13-20(14-25)23(28)26-15-18-8-4-3-5-9-18/h3-13H,15H2,1-2H3,(H,26,28)(H,29,30)/b20-13-. The second kappa shape index (κ2) is 8.93. The number of aromatic carboxylic acids is 1. The molecule has 3 rings (SSSR count). The van der Waals surface area contributed by atoms with Crippen molar-refractivity contribution in [1.82, 2.24) is 9.88 Å². The number of para-hydroxylation sites is 1. The van der Waals surface area contributed by atoms with E-state index in [1.165, 1.54) is 6.08 Å². The minimum Gasteiger partial charge on any atom is -0.478 e. The molecule has 0 atom stereocenters. The second-order valence-corrected chi connectivity index (χ2v) is 6.82. The van der Waals surface area contributed by atoms with Crippen LogP contribution in [0.5, 0.6) is 0 Å². The number of nitrogens with zero attached hydrogens (tertiary/aromatic N) is 2. The highest BCUT2D eigenvalue weighted by Crippen LogP contribution is 2.25. The molecule has 1 amide bonds. The third-order valence-electron chi connectivity index (χ3n) is 4.81. The monoisotopic (exact) mass is 399 g/mol. The van der Waals surface area contributed by atoms with E-state index < -0.39 is 11.9 Å². The van der Waals surface area contributed by atoms with Crippen molar-refractivity contribution in [1.29, 1.82) is 5.26 Å². The van der Waals surface area contributed by atoms with Crippen LogP contribution >= 0.6 is 0 Å². The Hall–Kier alpha value is -4.11. The van der Waals surface area contributed by atoms with Gasteiger partial charge in [0.15, 0.2) is 0 Å². The molecule has 0 fully saturated rings. The van der Waals surface area contributed by atoms with E-state index in [1.807, 2.05) is 60.9 Å². The van der Waals surface area contributed by atoms with Gasteiger partial charge in [0.05, 0.1) is 11.3 Å². The van der Waals surface area contributed by atoms with Crippen molar-refractivity contribution in [2.75, 3.05) is 0 Å². The van der Waals surface area contributed by atoms with Gasteiger partial charge in [0, 0.05) is 17.9 Å². The lowest BCUT2D eigenvalue weighted by atomic mass is 10.1. The van der Waals surface area contributed by atoms with Gasteiger partial charge in [-0.15, -0.1) is 0 Å². The van der Waals surface area contributed by atoms with Crippen LogP contribution in [-0.4, -0.2) is 21.6 Å². The summed E-state index contributed by atoms with van der Waals surface area (Å²) in [4.78, 5) is 24.1. The highest BCUT2D eigenvalue weighted by atomic mass is 16.4. The zero-order chi connectivity index (χ0) is 21.7. The van der Waals surface area contributed by atoms with Crippen molar-refractivity contribution in [2.24, 2.45) is 0 Å². The Balaban J connectivity index is 1.92. The molecule has 6 nitrogen and oxygen atoms in total. The highest BCUT2D eigenvalue weighted by molar-refractivity contribution is 6.01. The molecule has 2 aromatic carbocycles. The summed E-state index contributed by atoms with van der Waals surface area (Å²) in [6.45, 7) is 4.00. The van der Waals surface area contributed by atoms with Crippen LogP contribution in [0.25, 0.3) is 11.8 Å². The molecule has 150 valence electrons. The van der Waals surface area contributed by atoms with Gasteiger partial charge in [0.25, 0.3) is 5.91 Å². The highest BCUT2D eigenvalue weighted by Gasteiger charge is 2.17. The molecule has 2 N–H and O–H groups in total. The summed E-state index contributed by atoms with van der Waals surface area (Å²) >= 11 is 0. The fourth-order valence-electron chi connectivity index (χ4n) is 3.33. The average Bonchev–Trinajstić information content (AvgIpc) is 3.03. The van der Waals surface area contributed by atoms with Crippen molar-refractivity contribution < 1.29 is 14.7 Å². The van der Waals surface area contributed by atoms with Crippen LogP contribution in [-0.2, 0) is 11.3 Å².